The predicted octanol–water partition coefficient (Wildman–Crippen LogP) is 3.38. The second kappa shape index (κ2) is 8.16. The number of nitrogens with zero attached hydrogens (tertiary/aromatic N) is 2. The Morgan fingerprint density at radius 1 is 1.36 bits per heavy atom. The van der Waals surface area contributed by atoms with Crippen molar-refractivity contribution in [2.75, 3.05) is 11.9 Å². The number of aromatic nitrogens is 2. The molecule has 1 aromatic carbocycles. The Labute approximate surface area is 148 Å². The number of hydrogen-bond donors (Lipinski definition) is 2. The fraction of sp³-hybridized carbons (Fsp3) is 0.474. The van der Waals surface area contributed by atoms with Crippen LogP contribution in [0.2, 0.25) is 0 Å². The van der Waals surface area contributed by atoms with Crippen LogP contribution in [0.3, 0.4) is 0 Å². The minimum atomic E-state index is -0.216. The highest BCUT2D eigenvalue weighted by Gasteiger charge is 2.18. The lowest BCUT2D eigenvalue weighted by molar-refractivity contribution is 0.0940. The van der Waals surface area contributed by atoms with E-state index in [1.165, 1.54) is 5.56 Å². The molecule has 1 saturated heterocycles. The third kappa shape index (κ3) is 4.82. The largest absolute Gasteiger partial charge is 0.376 e. The zero-order chi connectivity index (χ0) is 17.6. The minimum Gasteiger partial charge on any atom is -0.376 e. The molecule has 2 heterocycles. The summed E-state index contributed by atoms with van der Waals surface area (Å²) < 4.78 is 7.43. The highest BCUT2D eigenvalue weighted by atomic mass is 16.5. The Hall–Kier alpha value is -2.34. The molecule has 3 rings (SSSR count). The van der Waals surface area contributed by atoms with Gasteiger partial charge in [-0.2, -0.15) is 5.10 Å². The van der Waals surface area contributed by atoms with Gasteiger partial charge in [-0.3, -0.25) is 4.68 Å². The highest BCUT2D eigenvalue weighted by Crippen LogP contribution is 2.19. The number of hydrogen-bond acceptors (Lipinski definition) is 3. The minimum absolute atomic E-state index is 0.0179. The standard InChI is InChI=1S/C19H26N4O2/c1-14(16-7-4-3-5-8-16)15(2)21-19(24)22-17-11-20-23(12-17)13-18-9-6-10-25-18/h3-5,7-8,11-12,14-15,18H,6,9-10,13H2,1-2H3,(H2,21,22,24). The molecule has 134 valence electrons. The third-order valence-corrected chi connectivity index (χ3v) is 4.74. The predicted molar refractivity (Wildman–Crippen MR) is 97.7 cm³/mol. The normalized spacial score (nSPS) is 19.4. The van der Waals surface area contributed by atoms with E-state index in [-0.39, 0.29) is 24.1 Å². The fourth-order valence-corrected chi connectivity index (χ4v) is 3.07. The van der Waals surface area contributed by atoms with Crippen molar-refractivity contribution in [1.29, 1.82) is 0 Å². The number of carbonyl (C=O) groups is 1. The molecule has 3 unspecified atom stereocenters. The van der Waals surface area contributed by atoms with Gasteiger partial charge in [0.1, 0.15) is 0 Å². The van der Waals surface area contributed by atoms with Crippen LogP contribution < -0.4 is 10.6 Å². The lowest BCUT2D eigenvalue weighted by Crippen LogP contribution is -2.38. The van der Waals surface area contributed by atoms with Crippen LogP contribution in [0.5, 0.6) is 0 Å². The summed E-state index contributed by atoms with van der Waals surface area (Å²) in [5, 5.41) is 10.1. The summed E-state index contributed by atoms with van der Waals surface area (Å²) in [7, 11) is 0. The van der Waals surface area contributed by atoms with Gasteiger partial charge in [0.05, 0.1) is 24.5 Å². The summed E-state index contributed by atoms with van der Waals surface area (Å²) in [5.74, 6) is 0.231. The smallest absolute Gasteiger partial charge is 0.319 e. The fourth-order valence-electron chi connectivity index (χ4n) is 3.07. The van der Waals surface area contributed by atoms with Crippen molar-refractivity contribution in [3.8, 4) is 0 Å². The van der Waals surface area contributed by atoms with Crippen LogP contribution in [0.1, 0.15) is 38.2 Å². The van der Waals surface area contributed by atoms with E-state index >= 15 is 0 Å². The van der Waals surface area contributed by atoms with Gasteiger partial charge < -0.3 is 15.4 Å². The molecule has 3 atom stereocenters. The second-order valence-corrected chi connectivity index (χ2v) is 6.67. The average Bonchev–Trinajstić information content (AvgIpc) is 3.27. The van der Waals surface area contributed by atoms with Gasteiger partial charge in [-0.05, 0) is 25.3 Å². The average molecular weight is 342 g/mol. The monoisotopic (exact) mass is 342 g/mol. The molecule has 6 heteroatoms. The molecule has 0 aliphatic carbocycles. The number of nitrogens with one attached hydrogen (secondary N) is 2. The van der Waals surface area contributed by atoms with E-state index in [2.05, 4.69) is 34.8 Å². The maximum absolute atomic E-state index is 12.2. The van der Waals surface area contributed by atoms with E-state index < -0.39 is 0 Å². The van der Waals surface area contributed by atoms with Crippen LogP contribution in [0.25, 0.3) is 0 Å². The van der Waals surface area contributed by atoms with E-state index in [4.69, 9.17) is 4.74 Å². The van der Waals surface area contributed by atoms with Crippen molar-refractivity contribution in [2.45, 2.75) is 51.3 Å². The summed E-state index contributed by atoms with van der Waals surface area (Å²) >= 11 is 0. The molecule has 0 spiro atoms. The maximum atomic E-state index is 12.2. The van der Waals surface area contributed by atoms with Crippen molar-refractivity contribution in [2.24, 2.45) is 0 Å². The van der Waals surface area contributed by atoms with Crippen LogP contribution in [0.15, 0.2) is 42.7 Å². The Morgan fingerprint density at radius 2 is 2.16 bits per heavy atom. The molecule has 0 saturated carbocycles. The van der Waals surface area contributed by atoms with Gasteiger partial charge in [0.2, 0.25) is 0 Å². The summed E-state index contributed by atoms with van der Waals surface area (Å²) in [5.41, 5.74) is 1.90. The van der Waals surface area contributed by atoms with Gasteiger partial charge in [-0.25, -0.2) is 4.79 Å². The zero-order valence-corrected chi connectivity index (χ0v) is 14.8. The molecular weight excluding hydrogens is 316 g/mol. The SMILES string of the molecule is CC(NC(=O)Nc1cnn(CC2CCCO2)c1)C(C)c1ccccc1. The molecule has 1 aromatic heterocycles. The molecule has 6 nitrogen and oxygen atoms in total. The number of rotatable bonds is 6. The van der Waals surface area contributed by atoms with Crippen molar-refractivity contribution in [3.63, 3.8) is 0 Å². The van der Waals surface area contributed by atoms with Crippen molar-refractivity contribution in [1.82, 2.24) is 15.1 Å². The number of urea groups is 1. The first-order valence-electron chi connectivity index (χ1n) is 8.88. The van der Waals surface area contributed by atoms with Gasteiger partial charge >= 0.3 is 6.03 Å². The lowest BCUT2D eigenvalue weighted by atomic mass is 9.95. The van der Waals surface area contributed by atoms with Crippen LogP contribution >= 0.6 is 0 Å². The molecule has 0 radical (unpaired) electrons. The summed E-state index contributed by atoms with van der Waals surface area (Å²) in [4.78, 5) is 12.2. The Morgan fingerprint density at radius 3 is 2.88 bits per heavy atom. The first-order valence-corrected chi connectivity index (χ1v) is 8.88. The molecule has 2 aromatic rings. The lowest BCUT2D eigenvalue weighted by Gasteiger charge is -2.21. The summed E-state index contributed by atoms with van der Waals surface area (Å²) in [6.07, 6.45) is 5.91. The number of ether oxygens (including phenoxy) is 1. The van der Waals surface area contributed by atoms with Gasteiger partial charge in [-0.1, -0.05) is 37.3 Å². The van der Waals surface area contributed by atoms with Crippen molar-refractivity contribution >= 4 is 11.7 Å². The van der Waals surface area contributed by atoms with E-state index in [0.29, 0.717) is 5.69 Å². The van der Waals surface area contributed by atoms with E-state index in [9.17, 15) is 4.79 Å². The van der Waals surface area contributed by atoms with Crippen molar-refractivity contribution in [3.05, 3.63) is 48.3 Å². The Bertz CT molecular complexity index is 680. The highest BCUT2D eigenvalue weighted by molar-refractivity contribution is 5.89. The Balaban J connectivity index is 1.49. The molecule has 2 amide bonds. The number of benzene rings is 1. The molecule has 1 fully saturated rings. The third-order valence-electron chi connectivity index (χ3n) is 4.74. The van der Waals surface area contributed by atoms with Crippen LogP contribution in [-0.2, 0) is 11.3 Å². The maximum Gasteiger partial charge on any atom is 0.319 e. The van der Waals surface area contributed by atoms with E-state index in [1.807, 2.05) is 36.0 Å². The van der Waals surface area contributed by atoms with Gasteiger partial charge in [0, 0.05) is 24.8 Å². The quantitative estimate of drug-likeness (QED) is 0.846. The van der Waals surface area contributed by atoms with Crippen LogP contribution in [-0.4, -0.2) is 34.6 Å². The molecule has 1 aliphatic heterocycles. The first-order chi connectivity index (χ1) is 12.1. The first kappa shape index (κ1) is 17.5. The van der Waals surface area contributed by atoms with E-state index in [0.717, 1.165) is 26.0 Å². The number of anilines is 1. The number of carbonyl (C=O) groups excluding carboxylic acids is 1. The topological polar surface area (TPSA) is 68.2 Å². The van der Waals surface area contributed by atoms with Crippen LogP contribution in [0.4, 0.5) is 10.5 Å². The molecular formula is C19H26N4O2. The molecule has 25 heavy (non-hydrogen) atoms. The summed E-state index contributed by atoms with van der Waals surface area (Å²) in [6, 6.07) is 9.99. The zero-order valence-electron chi connectivity index (χ0n) is 14.8. The van der Waals surface area contributed by atoms with Gasteiger partial charge in [-0.15, -0.1) is 0 Å². The molecule has 0 bridgehead atoms. The van der Waals surface area contributed by atoms with Crippen LogP contribution in [0, 0.1) is 0 Å². The van der Waals surface area contributed by atoms with Gasteiger partial charge in [0.25, 0.3) is 0 Å². The second-order valence-electron chi connectivity index (χ2n) is 6.67. The number of amides is 2. The van der Waals surface area contributed by atoms with E-state index in [1.54, 1.807) is 6.20 Å². The Kier molecular flexibility index (Phi) is 5.71. The van der Waals surface area contributed by atoms with Crippen molar-refractivity contribution < 1.29 is 9.53 Å². The molecule has 1 aliphatic rings. The molecule has 2 N–H and O–H groups in total. The summed E-state index contributed by atoms with van der Waals surface area (Å²) in [6.45, 7) is 5.68. The van der Waals surface area contributed by atoms with Gasteiger partial charge in [0.15, 0.2) is 0 Å².